The van der Waals surface area contributed by atoms with Gasteiger partial charge in [-0.15, -0.1) is 0 Å². The van der Waals surface area contributed by atoms with Gasteiger partial charge in [0.15, 0.2) is 5.65 Å². The second-order valence-corrected chi connectivity index (χ2v) is 8.08. The van der Waals surface area contributed by atoms with Crippen molar-refractivity contribution in [3.8, 4) is 0 Å². The summed E-state index contributed by atoms with van der Waals surface area (Å²) in [5.41, 5.74) is 0.698. The van der Waals surface area contributed by atoms with E-state index in [2.05, 4.69) is 26.0 Å². The van der Waals surface area contributed by atoms with Crippen LogP contribution in [0.5, 0.6) is 0 Å². The molecule has 0 bridgehead atoms. The summed E-state index contributed by atoms with van der Waals surface area (Å²) in [6.45, 7) is 0. The van der Waals surface area contributed by atoms with Gasteiger partial charge >= 0.3 is 0 Å². The lowest BCUT2D eigenvalue weighted by Crippen LogP contribution is -2.48. The molecular weight excluding hydrogens is 417 g/mol. The molecule has 5 rings (SSSR count). The normalized spacial score (nSPS) is 24.1. The summed E-state index contributed by atoms with van der Waals surface area (Å²) in [5.74, 6) is 0.513. The zero-order valence-corrected chi connectivity index (χ0v) is 17.7. The molecule has 168 valence electrons. The molecule has 10 nitrogen and oxygen atoms in total. The molecule has 2 aliphatic rings. The van der Waals surface area contributed by atoms with E-state index in [0.29, 0.717) is 35.8 Å². The maximum absolute atomic E-state index is 13.6. The van der Waals surface area contributed by atoms with Crippen LogP contribution in [0.25, 0.3) is 5.65 Å². The van der Waals surface area contributed by atoms with Gasteiger partial charge in [-0.25, -0.2) is 9.37 Å². The van der Waals surface area contributed by atoms with Gasteiger partial charge in [-0.1, -0.05) is 0 Å². The number of alkyl halides is 1. The Morgan fingerprint density at radius 2 is 2.19 bits per heavy atom. The lowest BCUT2D eigenvalue weighted by molar-refractivity contribution is 0.0826. The van der Waals surface area contributed by atoms with Crippen molar-refractivity contribution in [2.75, 3.05) is 24.8 Å². The van der Waals surface area contributed by atoms with Gasteiger partial charge in [-0.2, -0.15) is 9.61 Å². The van der Waals surface area contributed by atoms with Gasteiger partial charge in [-0.05, 0) is 31.4 Å². The molecular formula is C21H24FN7O3. The highest BCUT2D eigenvalue weighted by Gasteiger charge is 2.39. The number of carbonyl (C=O) groups is 1. The maximum atomic E-state index is 13.6. The largest absolute Gasteiger partial charge is 0.379 e. The van der Waals surface area contributed by atoms with Gasteiger partial charge in [0.25, 0.3) is 11.5 Å². The molecule has 3 N–H and O–H groups in total. The van der Waals surface area contributed by atoms with Gasteiger partial charge in [0.2, 0.25) is 0 Å². The third-order valence-electron chi connectivity index (χ3n) is 6.08. The Labute approximate surface area is 182 Å². The van der Waals surface area contributed by atoms with Gasteiger partial charge in [-0.3, -0.25) is 9.59 Å². The molecule has 3 aromatic rings. The van der Waals surface area contributed by atoms with E-state index in [9.17, 15) is 14.0 Å². The number of hydrogen-bond donors (Lipinski definition) is 3. The van der Waals surface area contributed by atoms with Crippen LogP contribution in [0.15, 0.2) is 35.4 Å². The molecule has 32 heavy (non-hydrogen) atoms. The van der Waals surface area contributed by atoms with Gasteiger partial charge in [0.1, 0.15) is 29.1 Å². The number of fused-ring (bicyclic) bond motifs is 1. The number of hydrogen-bond acceptors (Lipinski definition) is 7. The van der Waals surface area contributed by atoms with Crippen molar-refractivity contribution in [3.05, 3.63) is 46.5 Å². The van der Waals surface area contributed by atoms with Crippen LogP contribution in [0.1, 0.15) is 35.7 Å². The van der Waals surface area contributed by atoms with Crippen LogP contribution in [0.2, 0.25) is 0 Å². The average molecular weight is 441 g/mol. The molecule has 1 amide bonds. The number of amides is 1. The SMILES string of the molecule is CNc1cc(Nc2cccn([C@H]3C[C@@H]3OC)c2=O)nc2c(C(=O)NC3CC[C@@H]3F)cnn12. The summed E-state index contributed by atoms with van der Waals surface area (Å²) >= 11 is 0. The molecule has 0 radical (unpaired) electrons. The minimum Gasteiger partial charge on any atom is -0.379 e. The minimum atomic E-state index is -1.02. The first-order valence-corrected chi connectivity index (χ1v) is 10.5. The quantitative estimate of drug-likeness (QED) is 0.513. The third kappa shape index (κ3) is 3.48. The highest BCUT2D eigenvalue weighted by Crippen LogP contribution is 2.37. The van der Waals surface area contributed by atoms with Crippen molar-refractivity contribution in [3.63, 3.8) is 0 Å². The topological polar surface area (TPSA) is 115 Å². The highest BCUT2D eigenvalue weighted by atomic mass is 19.1. The van der Waals surface area contributed by atoms with Gasteiger partial charge < -0.3 is 25.3 Å². The van der Waals surface area contributed by atoms with E-state index >= 15 is 0 Å². The molecule has 2 aliphatic carbocycles. The molecule has 3 aromatic heterocycles. The second kappa shape index (κ2) is 7.90. The van der Waals surface area contributed by atoms with Crippen molar-refractivity contribution in [1.82, 2.24) is 24.5 Å². The predicted molar refractivity (Wildman–Crippen MR) is 116 cm³/mol. The summed E-state index contributed by atoms with van der Waals surface area (Å²) in [5, 5.41) is 13.0. The number of nitrogens with one attached hydrogen (secondary N) is 3. The molecule has 1 unspecified atom stereocenters. The molecule has 0 spiro atoms. The Morgan fingerprint density at radius 3 is 2.84 bits per heavy atom. The van der Waals surface area contributed by atoms with E-state index in [0.717, 1.165) is 6.42 Å². The average Bonchev–Trinajstić information content (AvgIpc) is 3.46. The molecule has 0 aliphatic heterocycles. The Kier molecular flexibility index (Phi) is 5.04. The lowest BCUT2D eigenvalue weighted by atomic mass is 9.90. The fraction of sp³-hybridized carbons (Fsp3) is 0.429. The summed E-state index contributed by atoms with van der Waals surface area (Å²) in [6, 6.07) is 4.69. The summed E-state index contributed by atoms with van der Waals surface area (Å²) in [6.07, 6.45) is 4.02. The minimum absolute atomic E-state index is 0.0218. The Balaban J connectivity index is 1.46. The zero-order chi connectivity index (χ0) is 22.4. The number of halogens is 1. The zero-order valence-electron chi connectivity index (χ0n) is 17.7. The van der Waals surface area contributed by atoms with E-state index in [-0.39, 0.29) is 23.3 Å². The van der Waals surface area contributed by atoms with Gasteiger partial charge in [0, 0.05) is 26.4 Å². The van der Waals surface area contributed by atoms with E-state index in [1.165, 1.54) is 10.7 Å². The molecule has 0 aromatic carbocycles. The Bertz CT molecular complexity index is 1240. The van der Waals surface area contributed by atoms with Crippen molar-refractivity contribution < 1.29 is 13.9 Å². The van der Waals surface area contributed by atoms with Crippen LogP contribution < -0.4 is 21.5 Å². The highest BCUT2D eigenvalue weighted by molar-refractivity contribution is 6.00. The van der Waals surface area contributed by atoms with Crippen molar-refractivity contribution >= 4 is 28.9 Å². The summed E-state index contributed by atoms with van der Waals surface area (Å²) in [4.78, 5) is 30.2. The standard InChI is InChI=1S/C21H24FN7O3/c1-23-18-9-17(25-14-4-3-7-28(21(14)31)15-8-16(15)32-2)27-19-11(10-24-29(18)19)20(30)26-13-6-5-12(13)22/h3-4,7,9-10,12-13,15-16,23H,5-6,8H2,1-2H3,(H,25,27)(H,26,30)/t12-,13?,15-,16-/m0/s1. The van der Waals surface area contributed by atoms with Crippen LogP contribution in [0, 0.1) is 0 Å². The van der Waals surface area contributed by atoms with Crippen LogP contribution in [-0.4, -0.2) is 57.5 Å². The van der Waals surface area contributed by atoms with Crippen molar-refractivity contribution in [2.45, 2.75) is 43.6 Å². The molecule has 11 heteroatoms. The molecule has 4 atom stereocenters. The number of ether oxygens (including phenoxy) is 1. The molecule has 2 fully saturated rings. The Morgan fingerprint density at radius 1 is 1.34 bits per heavy atom. The first-order chi connectivity index (χ1) is 15.5. The van der Waals surface area contributed by atoms with Crippen LogP contribution in [0.3, 0.4) is 0 Å². The number of anilines is 3. The van der Waals surface area contributed by atoms with Crippen LogP contribution in [-0.2, 0) is 4.74 Å². The number of methoxy groups -OCH3 is 1. The number of aromatic nitrogens is 4. The second-order valence-electron chi connectivity index (χ2n) is 8.08. The number of pyridine rings is 1. The number of rotatable bonds is 7. The van der Waals surface area contributed by atoms with Crippen molar-refractivity contribution in [1.29, 1.82) is 0 Å². The third-order valence-corrected chi connectivity index (χ3v) is 6.08. The lowest BCUT2D eigenvalue weighted by Gasteiger charge is -2.30. The van der Waals surface area contributed by atoms with Crippen molar-refractivity contribution in [2.24, 2.45) is 0 Å². The number of nitrogens with zero attached hydrogens (tertiary/aromatic N) is 4. The van der Waals surface area contributed by atoms with Crippen LogP contribution >= 0.6 is 0 Å². The van der Waals surface area contributed by atoms with E-state index in [1.54, 1.807) is 43.1 Å². The maximum Gasteiger partial charge on any atom is 0.274 e. The first-order valence-electron chi connectivity index (χ1n) is 10.5. The monoisotopic (exact) mass is 441 g/mol. The fourth-order valence-corrected chi connectivity index (χ4v) is 3.94. The summed E-state index contributed by atoms with van der Waals surface area (Å²) in [7, 11) is 3.35. The molecule has 2 saturated carbocycles. The van der Waals surface area contributed by atoms with E-state index < -0.39 is 18.1 Å². The smallest absolute Gasteiger partial charge is 0.274 e. The molecule has 3 heterocycles. The Hall–Kier alpha value is -3.47. The van der Waals surface area contributed by atoms with Crippen LogP contribution in [0.4, 0.5) is 21.7 Å². The predicted octanol–water partition coefficient (Wildman–Crippen LogP) is 1.87. The van der Waals surface area contributed by atoms with E-state index in [1.807, 2.05) is 0 Å². The summed E-state index contributed by atoms with van der Waals surface area (Å²) < 4.78 is 22.1. The number of carbonyl (C=O) groups excluding carboxylic acids is 1. The molecule has 0 saturated heterocycles. The van der Waals surface area contributed by atoms with Gasteiger partial charge in [0.05, 0.1) is 24.4 Å². The fourth-order valence-electron chi connectivity index (χ4n) is 3.94. The first kappa shape index (κ1) is 20.4. The van der Waals surface area contributed by atoms with E-state index in [4.69, 9.17) is 4.74 Å².